The first kappa shape index (κ1) is 20.4. The van der Waals surface area contributed by atoms with Crippen LogP contribution in [0.25, 0.3) is 22.2 Å². The van der Waals surface area contributed by atoms with Crippen molar-refractivity contribution in [1.82, 2.24) is 25.4 Å². The Morgan fingerprint density at radius 3 is 2.88 bits per heavy atom. The Bertz CT molecular complexity index is 1160. The highest BCUT2D eigenvalue weighted by molar-refractivity contribution is 5.82. The first-order chi connectivity index (χ1) is 15.8. The zero-order chi connectivity index (χ0) is 21.8. The number of piperidine rings is 1. The summed E-state index contributed by atoms with van der Waals surface area (Å²) in [7, 11) is 0. The molecule has 4 heterocycles. The SMILES string of the molecule is O=CCN1CCC(NCc2coc3cc(Oc4ccc(-c5ccn[nH]5)cn4)ccc23)CC1. The predicted molar refractivity (Wildman–Crippen MR) is 120 cm³/mol. The molecule has 0 unspecified atom stereocenters. The second-order valence-electron chi connectivity index (χ2n) is 8.00. The third kappa shape index (κ3) is 4.56. The van der Waals surface area contributed by atoms with Crippen LogP contribution in [0, 0.1) is 0 Å². The van der Waals surface area contributed by atoms with Gasteiger partial charge in [0.15, 0.2) is 0 Å². The van der Waals surface area contributed by atoms with E-state index in [1.54, 1.807) is 18.7 Å². The Balaban J connectivity index is 1.20. The van der Waals surface area contributed by atoms with E-state index in [0.29, 0.717) is 24.2 Å². The van der Waals surface area contributed by atoms with Gasteiger partial charge in [-0.1, -0.05) is 0 Å². The summed E-state index contributed by atoms with van der Waals surface area (Å²) in [6, 6.07) is 12.0. The highest BCUT2D eigenvalue weighted by Crippen LogP contribution is 2.29. The van der Waals surface area contributed by atoms with Crippen molar-refractivity contribution in [3.8, 4) is 22.9 Å². The molecule has 164 valence electrons. The van der Waals surface area contributed by atoms with Crippen LogP contribution in [-0.4, -0.2) is 52.0 Å². The molecule has 5 rings (SSSR count). The molecule has 0 atom stereocenters. The van der Waals surface area contributed by atoms with Crippen molar-refractivity contribution in [2.24, 2.45) is 0 Å². The zero-order valence-corrected chi connectivity index (χ0v) is 17.7. The number of aromatic nitrogens is 3. The normalized spacial score (nSPS) is 15.2. The number of H-pyrrole nitrogens is 1. The summed E-state index contributed by atoms with van der Waals surface area (Å²) in [4.78, 5) is 17.2. The van der Waals surface area contributed by atoms with Crippen LogP contribution in [-0.2, 0) is 11.3 Å². The number of aldehydes is 1. The van der Waals surface area contributed by atoms with E-state index in [2.05, 4.69) is 25.4 Å². The van der Waals surface area contributed by atoms with Gasteiger partial charge in [0, 0.05) is 66.7 Å². The van der Waals surface area contributed by atoms with E-state index in [1.165, 1.54) is 0 Å². The van der Waals surface area contributed by atoms with Gasteiger partial charge in [-0.15, -0.1) is 0 Å². The number of aromatic amines is 1. The quantitative estimate of drug-likeness (QED) is 0.410. The van der Waals surface area contributed by atoms with Crippen LogP contribution in [0.5, 0.6) is 11.6 Å². The topological polar surface area (TPSA) is 96.3 Å². The van der Waals surface area contributed by atoms with Gasteiger partial charge in [0.2, 0.25) is 5.88 Å². The lowest BCUT2D eigenvalue weighted by molar-refractivity contribution is -0.109. The van der Waals surface area contributed by atoms with Gasteiger partial charge in [0.1, 0.15) is 17.6 Å². The summed E-state index contributed by atoms with van der Waals surface area (Å²) < 4.78 is 11.7. The maximum absolute atomic E-state index is 10.7. The summed E-state index contributed by atoms with van der Waals surface area (Å²) in [5.74, 6) is 1.19. The molecule has 1 aliphatic rings. The van der Waals surface area contributed by atoms with E-state index in [0.717, 1.165) is 66.6 Å². The first-order valence-corrected chi connectivity index (χ1v) is 10.8. The number of nitrogens with zero attached hydrogens (tertiary/aromatic N) is 3. The van der Waals surface area contributed by atoms with Crippen LogP contribution in [0.15, 0.2) is 59.5 Å². The summed E-state index contributed by atoms with van der Waals surface area (Å²) in [6.45, 7) is 3.20. The maximum atomic E-state index is 10.7. The molecule has 0 aliphatic carbocycles. The number of likely N-dealkylation sites (tertiary alicyclic amines) is 1. The Labute approximate surface area is 185 Å². The molecule has 0 saturated carbocycles. The summed E-state index contributed by atoms with van der Waals surface area (Å²) in [5.41, 5.74) is 3.77. The molecular formula is C24H25N5O3. The number of carbonyl (C=O) groups is 1. The fraction of sp³-hybridized carbons (Fsp3) is 0.292. The van der Waals surface area contributed by atoms with Crippen molar-refractivity contribution in [2.45, 2.75) is 25.4 Å². The molecular weight excluding hydrogens is 406 g/mol. The fourth-order valence-electron chi connectivity index (χ4n) is 4.08. The lowest BCUT2D eigenvalue weighted by Crippen LogP contribution is -2.42. The monoisotopic (exact) mass is 431 g/mol. The molecule has 1 aromatic carbocycles. The largest absolute Gasteiger partial charge is 0.464 e. The third-order valence-corrected chi connectivity index (χ3v) is 5.90. The standard InChI is InChI=1S/C24H25N5O3/c30-12-11-29-9-6-19(7-10-29)25-15-18-16-31-23-13-20(2-3-21(18)23)32-24-4-1-17(14-26-24)22-5-8-27-28-22/h1-5,8,12-14,16,19,25H,6-7,9-11,15H2,(H,27,28). The Morgan fingerprint density at radius 2 is 2.12 bits per heavy atom. The van der Waals surface area contributed by atoms with Gasteiger partial charge in [0.05, 0.1) is 18.5 Å². The molecule has 0 spiro atoms. The second kappa shape index (κ2) is 9.33. The highest BCUT2D eigenvalue weighted by Gasteiger charge is 2.19. The fourth-order valence-corrected chi connectivity index (χ4v) is 4.08. The maximum Gasteiger partial charge on any atom is 0.219 e. The zero-order valence-electron chi connectivity index (χ0n) is 17.7. The molecule has 0 amide bonds. The molecule has 8 nitrogen and oxygen atoms in total. The van der Waals surface area contributed by atoms with Crippen molar-refractivity contribution >= 4 is 17.3 Å². The Morgan fingerprint density at radius 1 is 1.22 bits per heavy atom. The Hall–Kier alpha value is -3.49. The number of ether oxygens (including phenoxy) is 1. The minimum atomic E-state index is 0.460. The van der Waals surface area contributed by atoms with E-state index >= 15 is 0 Å². The number of furan rings is 1. The highest BCUT2D eigenvalue weighted by atomic mass is 16.5. The molecule has 8 heteroatoms. The van der Waals surface area contributed by atoms with E-state index in [4.69, 9.17) is 9.15 Å². The minimum Gasteiger partial charge on any atom is -0.464 e. The molecule has 0 bridgehead atoms. The smallest absolute Gasteiger partial charge is 0.219 e. The summed E-state index contributed by atoms with van der Waals surface area (Å²) in [5, 5.41) is 11.6. The van der Waals surface area contributed by atoms with Crippen LogP contribution in [0.1, 0.15) is 18.4 Å². The first-order valence-electron chi connectivity index (χ1n) is 10.8. The number of rotatable bonds is 8. The van der Waals surface area contributed by atoms with Crippen LogP contribution < -0.4 is 10.1 Å². The minimum absolute atomic E-state index is 0.460. The number of nitrogens with one attached hydrogen (secondary N) is 2. The number of fused-ring (bicyclic) bond motifs is 1. The molecule has 32 heavy (non-hydrogen) atoms. The summed E-state index contributed by atoms with van der Waals surface area (Å²) >= 11 is 0. The molecule has 0 radical (unpaired) electrons. The van der Waals surface area contributed by atoms with Crippen molar-refractivity contribution in [1.29, 1.82) is 0 Å². The number of carbonyl (C=O) groups excluding carboxylic acids is 1. The van der Waals surface area contributed by atoms with Crippen LogP contribution >= 0.6 is 0 Å². The number of hydrogen-bond donors (Lipinski definition) is 2. The van der Waals surface area contributed by atoms with Crippen LogP contribution in [0.3, 0.4) is 0 Å². The van der Waals surface area contributed by atoms with E-state index in [9.17, 15) is 4.79 Å². The van der Waals surface area contributed by atoms with Gasteiger partial charge in [-0.05, 0) is 37.1 Å². The van der Waals surface area contributed by atoms with Gasteiger partial charge in [-0.2, -0.15) is 5.10 Å². The third-order valence-electron chi connectivity index (χ3n) is 5.90. The predicted octanol–water partition coefficient (Wildman–Crippen LogP) is 3.76. The average molecular weight is 431 g/mol. The van der Waals surface area contributed by atoms with E-state index < -0.39 is 0 Å². The van der Waals surface area contributed by atoms with Gasteiger partial charge >= 0.3 is 0 Å². The molecule has 1 aliphatic heterocycles. The second-order valence-corrected chi connectivity index (χ2v) is 8.00. The van der Waals surface area contributed by atoms with Crippen molar-refractivity contribution in [3.63, 3.8) is 0 Å². The molecule has 1 fully saturated rings. The number of hydrogen-bond acceptors (Lipinski definition) is 7. The molecule has 4 aromatic rings. The van der Waals surface area contributed by atoms with Crippen LogP contribution in [0.4, 0.5) is 0 Å². The van der Waals surface area contributed by atoms with Crippen molar-refractivity contribution in [2.75, 3.05) is 19.6 Å². The van der Waals surface area contributed by atoms with Crippen molar-refractivity contribution < 1.29 is 13.9 Å². The lowest BCUT2D eigenvalue weighted by Gasteiger charge is -2.31. The van der Waals surface area contributed by atoms with Gasteiger partial charge < -0.3 is 19.3 Å². The van der Waals surface area contributed by atoms with Gasteiger partial charge in [0.25, 0.3) is 0 Å². The summed E-state index contributed by atoms with van der Waals surface area (Å²) in [6.07, 6.45) is 8.35. The Kier molecular flexibility index (Phi) is 5.96. The molecule has 3 aromatic heterocycles. The van der Waals surface area contributed by atoms with Gasteiger partial charge in [-0.25, -0.2) is 4.98 Å². The van der Waals surface area contributed by atoms with Crippen molar-refractivity contribution in [3.05, 3.63) is 60.6 Å². The van der Waals surface area contributed by atoms with Crippen LogP contribution in [0.2, 0.25) is 0 Å². The number of pyridine rings is 1. The van der Waals surface area contributed by atoms with Gasteiger partial charge in [-0.3, -0.25) is 10.00 Å². The molecule has 2 N–H and O–H groups in total. The number of benzene rings is 1. The van der Waals surface area contributed by atoms with E-state index in [1.807, 2.05) is 36.4 Å². The molecule has 1 saturated heterocycles. The average Bonchev–Trinajstić information content (AvgIpc) is 3.50. The lowest BCUT2D eigenvalue weighted by atomic mass is 10.0. The van der Waals surface area contributed by atoms with E-state index in [-0.39, 0.29) is 0 Å².